The van der Waals surface area contributed by atoms with Gasteiger partial charge in [0, 0.05) is 43.2 Å². The smallest absolute Gasteiger partial charge is 0.269 e. The highest BCUT2D eigenvalue weighted by molar-refractivity contribution is 5.94. The third-order valence-electron chi connectivity index (χ3n) is 6.29. The van der Waals surface area contributed by atoms with Crippen LogP contribution < -0.4 is 0 Å². The number of hydrogen-bond acceptors (Lipinski definition) is 4. The Morgan fingerprint density at radius 1 is 1.00 bits per heavy atom. The molecule has 0 bridgehead atoms. The zero-order valence-electron chi connectivity index (χ0n) is 16.9. The first-order chi connectivity index (χ1) is 14.5. The van der Waals surface area contributed by atoms with Gasteiger partial charge in [0.05, 0.1) is 4.92 Å². The number of carbonyl (C=O) groups is 1. The average Bonchev–Trinajstić information content (AvgIpc) is 3.18. The Morgan fingerprint density at radius 2 is 1.67 bits per heavy atom. The van der Waals surface area contributed by atoms with Gasteiger partial charge in [0.2, 0.25) is 0 Å². The van der Waals surface area contributed by atoms with Crippen molar-refractivity contribution < 1.29 is 14.1 Å². The van der Waals surface area contributed by atoms with Crippen molar-refractivity contribution >= 4 is 11.6 Å². The molecule has 1 amide bonds. The maximum Gasteiger partial charge on any atom is 0.269 e. The summed E-state index contributed by atoms with van der Waals surface area (Å²) in [4.78, 5) is 27.8. The number of nitro groups is 1. The van der Waals surface area contributed by atoms with Gasteiger partial charge in [0.1, 0.15) is 5.82 Å². The number of rotatable bonds is 5. The van der Waals surface area contributed by atoms with Crippen LogP contribution in [0.4, 0.5) is 10.1 Å². The Bertz CT molecular complexity index is 895. The maximum absolute atomic E-state index is 13.4. The van der Waals surface area contributed by atoms with E-state index in [0.29, 0.717) is 18.7 Å². The number of benzene rings is 2. The molecule has 2 heterocycles. The summed E-state index contributed by atoms with van der Waals surface area (Å²) in [6, 6.07) is 12.4. The number of halogens is 1. The molecular weight excluding hydrogens is 385 g/mol. The Kier molecular flexibility index (Phi) is 6.08. The second-order valence-electron chi connectivity index (χ2n) is 8.29. The number of amides is 1. The summed E-state index contributed by atoms with van der Waals surface area (Å²) >= 11 is 0. The molecule has 2 unspecified atom stereocenters. The predicted octanol–water partition coefficient (Wildman–Crippen LogP) is 4.08. The van der Waals surface area contributed by atoms with Crippen molar-refractivity contribution in [1.82, 2.24) is 9.80 Å². The maximum atomic E-state index is 13.4. The van der Waals surface area contributed by atoms with Gasteiger partial charge in [-0.3, -0.25) is 14.9 Å². The number of likely N-dealkylation sites (tertiary alicyclic amines) is 2. The second kappa shape index (κ2) is 8.92. The van der Waals surface area contributed by atoms with E-state index >= 15 is 0 Å². The van der Waals surface area contributed by atoms with E-state index in [9.17, 15) is 19.3 Å². The molecule has 158 valence electrons. The minimum absolute atomic E-state index is 0.0277. The zero-order valence-corrected chi connectivity index (χ0v) is 16.9. The number of carbonyl (C=O) groups excluding carboxylic acids is 1. The van der Waals surface area contributed by atoms with Gasteiger partial charge in [-0.25, -0.2) is 4.39 Å². The number of non-ortho nitro benzene ring substituents is 1. The number of piperidine rings is 1. The highest BCUT2D eigenvalue weighted by Gasteiger charge is 2.37. The summed E-state index contributed by atoms with van der Waals surface area (Å²) in [5.41, 5.74) is 1.48. The summed E-state index contributed by atoms with van der Waals surface area (Å²) < 4.78 is 13.4. The van der Waals surface area contributed by atoms with Crippen LogP contribution in [0.15, 0.2) is 48.5 Å². The van der Waals surface area contributed by atoms with Crippen LogP contribution in [0.25, 0.3) is 0 Å². The summed E-state index contributed by atoms with van der Waals surface area (Å²) in [6.07, 6.45) is 3.69. The van der Waals surface area contributed by atoms with Crippen LogP contribution in [0.1, 0.15) is 41.1 Å². The lowest BCUT2D eigenvalue weighted by molar-refractivity contribution is -0.384. The van der Waals surface area contributed by atoms with Crippen molar-refractivity contribution in [3.05, 3.63) is 75.6 Å². The normalized spacial score (nSPS) is 22.2. The molecule has 7 heteroatoms. The van der Waals surface area contributed by atoms with Crippen molar-refractivity contribution in [2.45, 2.75) is 25.2 Å². The van der Waals surface area contributed by atoms with Crippen molar-refractivity contribution in [1.29, 1.82) is 0 Å². The monoisotopic (exact) mass is 411 g/mol. The fourth-order valence-electron chi connectivity index (χ4n) is 4.69. The molecule has 0 N–H and O–H groups in total. The first-order valence-electron chi connectivity index (χ1n) is 10.5. The molecule has 2 atom stereocenters. The standard InChI is InChI=1S/C23H26FN3O3/c24-20-8-4-17(5-9-20)22-16-26(15-19(22)14-25-12-2-1-3-13-25)23(28)18-6-10-21(11-7-18)27(29)30/h4-11,19,22H,1-3,12-16H2. The van der Waals surface area contributed by atoms with Crippen LogP contribution in [-0.4, -0.2) is 53.4 Å². The zero-order chi connectivity index (χ0) is 21.1. The Labute approximate surface area is 175 Å². The largest absolute Gasteiger partial charge is 0.338 e. The van der Waals surface area contributed by atoms with E-state index in [-0.39, 0.29) is 29.2 Å². The third-order valence-corrected chi connectivity index (χ3v) is 6.29. The molecule has 2 aromatic rings. The van der Waals surface area contributed by atoms with E-state index < -0.39 is 4.92 Å². The highest BCUT2D eigenvalue weighted by Crippen LogP contribution is 2.35. The first-order valence-corrected chi connectivity index (χ1v) is 10.5. The van der Waals surface area contributed by atoms with Crippen LogP contribution >= 0.6 is 0 Å². The molecular formula is C23H26FN3O3. The van der Waals surface area contributed by atoms with E-state index in [2.05, 4.69) is 4.90 Å². The van der Waals surface area contributed by atoms with E-state index in [4.69, 9.17) is 0 Å². The van der Waals surface area contributed by atoms with Crippen molar-refractivity contribution in [3.63, 3.8) is 0 Å². The van der Waals surface area contributed by atoms with Gasteiger partial charge in [-0.15, -0.1) is 0 Å². The quantitative estimate of drug-likeness (QED) is 0.549. The van der Waals surface area contributed by atoms with Crippen LogP contribution in [0.3, 0.4) is 0 Å². The molecule has 0 saturated carbocycles. The highest BCUT2D eigenvalue weighted by atomic mass is 19.1. The molecule has 6 nitrogen and oxygen atoms in total. The Balaban J connectivity index is 1.53. The molecule has 2 aliphatic rings. The molecule has 0 aromatic heterocycles. The van der Waals surface area contributed by atoms with Crippen molar-refractivity contribution in [2.75, 3.05) is 32.7 Å². The third kappa shape index (κ3) is 4.51. The summed E-state index contributed by atoms with van der Waals surface area (Å²) in [5, 5.41) is 10.9. The average molecular weight is 411 g/mol. The fraction of sp³-hybridized carbons (Fsp3) is 0.435. The molecule has 0 aliphatic carbocycles. The lowest BCUT2D eigenvalue weighted by Crippen LogP contribution is -2.36. The van der Waals surface area contributed by atoms with Crippen LogP contribution in [0, 0.1) is 21.8 Å². The molecule has 2 aromatic carbocycles. The summed E-state index contributed by atoms with van der Waals surface area (Å²) in [6.45, 7) is 4.30. The van der Waals surface area contributed by atoms with Gasteiger partial charge in [0.15, 0.2) is 0 Å². The Hall–Kier alpha value is -2.80. The van der Waals surface area contributed by atoms with Gasteiger partial charge < -0.3 is 9.80 Å². The first kappa shape index (κ1) is 20.5. The summed E-state index contributed by atoms with van der Waals surface area (Å²) in [5.74, 6) is 0.0476. The van der Waals surface area contributed by atoms with E-state index in [1.807, 2.05) is 17.0 Å². The SMILES string of the molecule is O=C(c1ccc([N+](=O)[O-])cc1)N1CC(CN2CCCCC2)C(c2ccc(F)cc2)C1. The number of nitro benzene ring substituents is 1. The minimum Gasteiger partial charge on any atom is -0.338 e. The Morgan fingerprint density at radius 3 is 2.30 bits per heavy atom. The topological polar surface area (TPSA) is 66.7 Å². The van der Waals surface area contributed by atoms with Gasteiger partial charge in [-0.1, -0.05) is 18.6 Å². The van der Waals surface area contributed by atoms with Crippen LogP contribution in [0.2, 0.25) is 0 Å². The minimum atomic E-state index is -0.469. The molecule has 2 saturated heterocycles. The molecule has 4 rings (SSSR count). The molecule has 2 fully saturated rings. The van der Waals surface area contributed by atoms with E-state index in [1.54, 1.807) is 0 Å². The lowest BCUT2D eigenvalue weighted by atomic mass is 9.88. The predicted molar refractivity (Wildman–Crippen MR) is 112 cm³/mol. The van der Waals surface area contributed by atoms with Gasteiger partial charge in [-0.05, 0) is 61.7 Å². The van der Waals surface area contributed by atoms with Crippen molar-refractivity contribution in [2.24, 2.45) is 5.92 Å². The molecule has 0 radical (unpaired) electrons. The van der Waals surface area contributed by atoms with Crippen molar-refractivity contribution in [3.8, 4) is 0 Å². The second-order valence-corrected chi connectivity index (χ2v) is 8.29. The summed E-state index contributed by atoms with van der Waals surface area (Å²) in [7, 11) is 0. The fourth-order valence-corrected chi connectivity index (χ4v) is 4.69. The van der Waals surface area contributed by atoms with E-state index in [0.717, 1.165) is 25.2 Å². The molecule has 30 heavy (non-hydrogen) atoms. The van der Waals surface area contributed by atoms with E-state index in [1.165, 1.54) is 55.7 Å². The van der Waals surface area contributed by atoms with Crippen LogP contribution in [0.5, 0.6) is 0 Å². The van der Waals surface area contributed by atoms with Gasteiger partial charge in [0.25, 0.3) is 11.6 Å². The molecule has 0 spiro atoms. The van der Waals surface area contributed by atoms with Crippen LogP contribution in [-0.2, 0) is 0 Å². The number of hydrogen-bond donors (Lipinski definition) is 0. The van der Waals surface area contributed by atoms with Gasteiger partial charge >= 0.3 is 0 Å². The molecule has 2 aliphatic heterocycles. The number of nitrogens with zero attached hydrogens (tertiary/aromatic N) is 3. The lowest BCUT2D eigenvalue weighted by Gasteiger charge is -2.31. The van der Waals surface area contributed by atoms with Gasteiger partial charge in [-0.2, -0.15) is 0 Å².